The van der Waals surface area contributed by atoms with E-state index in [0.717, 1.165) is 6.42 Å². The van der Waals surface area contributed by atoms with Crippen molar-refractivity contribution in [2.75, 3.05) is 6.61 Å². The summed E-state index contributed by atoms with van der Waals surface area (Å²) in [5, 5.41) is -0.787. The summed E-state index contributed by atoms with van der Waals surface area (Å²) in [6.07, 6.45) is 2.53. The summed E-state index contributed by atoms with van der Waals surface area (Å²) < 4.78 is 5.73. The fourth-order valence-corrected chi connectivity index (χ4v) is 2.60. The van der Waals surface area contributed by atoms with Crippen molar-refractivity contribution in [1.82, 2.24) is 0 Å². The van der Waals surface area contributed by atoms with Crippen LogP contribution in [0.1, 0.15) is 39.5 Å². The summed E-state index contributed by atoms with van der Waals surface area (Å²) in [7, 11) is 0. The Morgan fingerprint density at radius 2 is 1.61 bits per heavy atom. The topological polar surface area (TPSA) is 43.4 Å². The minimum Gasteiger partial charge on any atom is -0.378 e. The summed E-state index contributed by atoms with van der Waals surface area (Å²) in [6.45, 7) is 4.90. The molecule has 0 spiro atoms. The molecule has 18 heavy (non-hydrogen) atoms. The highest BCUT2D eigenvalue weighted by atomic mass is 35.5. The molecular weight excluding hydrogens is 275 g/mol. The number of rotatable bonds is 6. The van der Waals surface area contributed by atoms with Crippen molar-refractivity contribution < 1.29 is 14.3 Å². The first kappa shape index (κ1) is 15.9. The monoisotopic (exact) mass is 294 g/mol. The lowest BCUT2D eigenvalue weighted by molar-refractivity contribution is -0.123. The van der Waals surface area contributed by atoms with Crippen molar-refractivity contribution in [3.8, 4) is 0 Å². The summed E-state index contributed by atoms with van der Waals surface area (Å²) in [5.41, 5.74) is 0. The van der Waals surface area contributed by atoms with E-state index in [1.807, 2.05) is 0 Å². The molecule has 0 aromatic heterocycles. The first-order valence-corrected chi connectivity index (χ1v) is 7.16. The van der Waals surface area contributed by atoms with E-state index in [1.165, 1.54) is 0 Å². The first-order chi connectivity index (χ1) is 8.40. The lowest BCUT2D eigenvalue weighted by Crippen LogP contribution is -2.33. The van der Waals surface area contributed by atoms with Gasteiger partial charge in [0, 0.05) is 18.4 Å². The van der Waals surface area contributed by atoms with Gasteiger partial charge in [-0.2, -0.15) is 0 Å². The van der Waals surface area contributed by atoms with E-state index in [1.54, 1.807) is 0 Å². The zero-order valence-electron chi connectivity index (χ0n) is 10.8. The molecule has 3 nitrogen and oxygen atoms in total. The lowest BCUT2D eigenvalue weighted by atomic mass is 9.81. The number of carbonyl (C=O) groups is 2. The van der Waals surface area contributed by atoms with Crippen LogP contribution in [-0.2, 0) is 14.3 Å². The maximum absolute atomic E-state index is 11.3. The van der Waals surface area contributed by atoms with Crippen LogP contribution in [0.25, 0.3) is 0 Å². The Morgan fingerprint density at radius 1 is 1.11 bits per heavy atom. The maximum atomic E-state index is 11.3. The van der Waals surface area contributed by atoms with Gasteiger partial charge in [0.2, 0.25) is 10.5 Å². The average Bonchev–Trinajstić information content (AvgIpc) is 2.28. The summed E-state index contributed by atoms with van der Waals surface area (Å²) in [6, 6.07) is 0. The van der Waals surface area contributed by atoms with Gasteiger partial charge in [0.05, 0.1) is 6.10 Å². The second-order valence-electron chi connectivity index (χ2n) is 5.38. The highest BCUT2D eigenvalue weighted by Crippen LogP contribution is 2.33. The third-order valence-electron chi connectivity index (χ3n) is 3.35. The normalized spacial score (nSPS) is 28.4. The molecule has 1 fully saturated rings. The predicted octanol–water partition coefficient (Wildman–Crippen LogP) is 3.36. The van der Waals surface area contributed by atoms with Gasteiger partial charge in [-0.3, -0.25) is 9.59 Å². The van der Waals surface area contributed by atoms with E-state index in [4.69, 9.17) is 27.9 Å². The molecule has 0 radical (unpaired) electrons. The molecule has 2 atom stereocenters. The zero-order chi connectivity index (χ0) is 13.7. The van der Waals surface area contributed by atoms with Crippen LogP contribution in [0, 0.1) is 17.8 Å². The Balaban J connectivity index is 2.50. The third-order valence-corrected chi connectivity index (χ3v) is 3.97. The standard InChI is InChI=1S/C13H20Cl2O3/c1-8(2)3-4-18-11-6-9(12(14)16)5-10(7-11)13(15)17/h8-11H,3-7H2,1-2H3. The summed E-state index contributed by atoms with van der Waals surface area (Å²) in [4.78, 5) is 22.5. The van der Waals surface area contributed by atoms with Gasteiger partial charge in [0.25, 0.3) is 0 Å². The molecule has 0 aromatic rings. The largest absolute Gasteiger partial charge is 0.378 e. The van der Waals surface area contributed by atoms with Crippen LogP contribution < -0.4 is 0 Å². The molecule has 0 amide bonds. The molecule has 1 aliphatic carbocycles. The molecule has 1 saturated carbocycles. The van der Waals surface area contributed by atoms with Crippen LogP contribution in [0.2, 0.25) is 0 Å². The lowest BCUT2D eigenvalue weighted by Gasteiger charge is -2.31. The van der Waals surface area contributed by atoms with Gasteiger partial charge in [-0.05, 0) is 54.8 Å². The van der Waals surface area contributed by atoms with Crippen molar-refractivity contribution >= 4 is 33.7 Å². The molecule has 0 bridgehead atoms. The van der Waals surface area contributed by atoms with Crippen molar-refractivity contribution in [1.29, 1.82) is 0 Å². The first-order valence-electron chi connectivity index (χ1n) is 6.40. The van der Waals surface area contributed by atoms with Gasteiger partial charge < -0.3 is 4.74 Å². The van der Waals surface area contributed by atoms with Gasteiger partial charge in [-0.15, -0.1) is 0 Å². The van der Waals surface area contributed by atoms with Crippen LogP contribution in [0.5, 0.6) is 0 Å². The highest BCUT2D eigenvalue weighted by Gasteiger charge is 2.35. The Kier molecular flexibility index (Phi) is 6.61. The van der Waals surface area contributed by atoms with Crippen molar-refractivity contribution in [2.24, 2.45) is 17.8 Å². The number of ether oxygens (including phenoxy) is 1. The fraction of sp³-hybridized carbons (Fsp3) is 0.846. The van der Waals surface area contributed by atoms with E-state index in [0.29, 0.717) is 31.8 Å². The minimum atomic E-state index is -0.393. The highest BCUT2D eigenvalue weighted by molar-refractivity contribution is 6.64. The molecular formula is C13H20Cl2O3. The number of hydrogen-bond acceptors (Lipinski definition) is 3. The van der Waals surface area contributed by atoms with Gasteiger partial charge in [0.15, 0.2) is 0 Å². The molecule has 2 unspecified atom stereocenters. The van der Waals surface area contributed by atoms with Crippen molar-refractivity contribution in [3.63, 3.8) is 0 Å². The van der Waals surface area contributed by atoms with Crippen LogP contribution in [0.3, 0.4) is 0 Å². The van der Waals surface area contributed by atoms with Crippen LogP contribution in [0.15, 0.2) is 0 Å². The van der Waals surface area contributed by atoms with Crippen LogP contribution >= 0.6 is 23.2 Å². The van der Waals surface area contributed by atoms with E-state index in [2.05, 4.69) is 13.8 Å². The van der Waals surface area contributed by atoms with E-state index in [9.17, 15) is 9.59 Å². The number of halogens is 2. The van der Waals surface area contributed by atoms with Gasteiger partial charge in [-0.25, -0.2) is 0 Å². The molecule has 0 aliphatic heterocycles. The zero-order valence-corrected chi connectivity index (χ0v) is 12.3. The van der Waals surface area contributed by atoms with E-state index < -0.39 is 10.5 Å². The molecule has 104 valence electrons. The Morgan fingerprint density at radius 3 is 2.00 bits per heavy atom. The molecule has 1 aliphatic rings. The molecule has 0 saturated heterocycles. The number of hydrogen-bond donors (Lipinski definition) is 0. The van der Waals surface area contributed by atoms with Crippen LogP contribution in [0.4, 0.5) is 0 Å². The molecule has 0 aromatic carbocycles. The Bertz CT molecular complexity index is 283. The predicted molar refractivity (Wildman–Crippen MR) is 71.7 cm³/mol. The smallest absolute Gasteiger partial charge is 0.224 e. The SMILES string of the molecule is CC(C)CCOC1CC(C(=O)Cl)CC(C(=O)Cl)C1. The van der Waals surface area contributed by atoms with Crippen LogP contribution in [-0.4, -0.2) is 23.2 Å². The minimum absolute atomic E-state index is 0.0853. The quantitative estimate of drug-likeness (QED) is 0.706. The molecule has 0 heterocycles. The second-order valence-corrected chi connectivity index (χ2v) is 6.13. The average molecular weight is 295 g/mol. The molecule has 5 heteroatoms. The molecule has 1 rings (SSSR count). The van der Waals surface area contributed by atoms with Gasteiger partial charge in [-0.1, -0.05) is 13.8 Å². The fourth-order valence-electron chi connectivity index (χ4n) is 2.24. The van der Waals surface area contributed by atoms with Crippen molar-refractivity contribution in [2.45, 2.75) is 45.6 Å². The second kappa shape index (κ2) is 7.46. The maximum Gasteiger partial charge on any atom is 0.224 e. The number of carbonyl (C=O) groups excluding carboxylic acids is 2. The Labute approximate surface area is 118 Å². The van der Waals surface area contributed by atoms with E-state index >= 15 is 0 Å². The van der Waals surface area contributed by atoms with Gasteiger partial charge >= 0.3 is 0 Å². The molecule has 0 N–H and O–H groups in total. The van der Waals surface area contributed by atoms with Crippen molar-refractivity contribution in [3.05, 3.63) is 0 Å². The Hall–Kier alpha value is -0.120. The van der Waals surface area contributed by atoms with Gasteiger partial charge in [0.1, 0.15) is 0 Å². The van der Waals surface area contributed by atoms with E-state index in [-0.39, 0.29) is 17.9 Å². The third kappa shape index (κ3) is 5.25. The summed E-state index contributed by atoms with van der Waals surface area (Å²) >= 11 is 11.1. The summed E-state index contributed by atoms with van der Waals surface area (Å²) in [5.74, 6) is -0.0427.